The van der Waals surface area contributed by atoms with Crippen molar-refractivity contribution in [1.82, 2.24) is 21.3 Å². The van der Waals surface area contributed by atoms with Gasteiger partial charge in [-0.3, -0.25) is 14.4 Å². The fourth-order valence-corrected chi connectivity index (χ4v) is 1.84. The Kier molecular flexibility index (Phi) is 9.48. The predicted molar refractivity (Wildman–Crippen MR) is 90.8 cm³/mol. The van der Waals surface area contributed by atoms with Gasteiger partial charge < -0.3 is 21.3 Å². The highest BCUT2D eigenvalue weighted by Gasteiger charge is 2.23. The first-order valence-electron chi connectivity index (χ1n) is 8.19. The first kappa shape index (κ1) is 21.4. The summed E-state index contributed by atoms with van der Waals surface area (Å²) in [5, 5.41) is 11.1. The first-order valence-corrected chi connectivity index (χ1v) is 8.19. The largest absolute Gasteiger partial charge is 0.354 e. The predicted octanol–water partition coefficient (Wildman–Crippen LogP) is 0.155. The minimum atomic E-state index is -0.709. The molecule has 0 saturated heterocycles. The van der Waals surface area contributed by atoms with Gasteiger partial charge in [-0.2, -0.15) is 0 Å². The van der Waals surface area contributed by atoms with Crippen LogP contribution >= 0.6 is 0 Å². The molecule has 0 spiro atoms. The van der Waals surface area contributed by atoms with Gasteiger partial charge in [-0.15, -0.1) is 0 Å². The van der Waals surface area contributed by atoms with E-state index in [1.165, 1.54) is 0 Å². The fourth-order valence-electron chi connectivity index (χ4n) is 1.84. The average Bonchev–Trinajstić information content (AvgIpc) is 2.43. The zero-order chi connectivity index (χ0) is 18.2. The topological polar surface area (TPSA) is 99.3 Å². The SMILES string of the molecule is CC(C)CNC(=O)[C@H](C)NC(=O)[C@H](C)NC(=O)[C@H](C)NC(C)C. The van der Waals surface area contributed by atoms with Gasteiger partial charge in [0.25, 0.3) is 0 Å². The zero-order valence-electron chi connectivity index (χ0n) is 15.3. The Labute approximate surface area is 139 Å². The highest BCUT2D eigenvalue weighted by Crippen LogP contribution is 1.93. The molecule has 134 valence electrons. The van der Waals surface area contributed by atoms with Gasteiger partial charge >= 0.3 is 0 Å². The lowest BCUT2D eigenvalue weighted by atomic mass is 10.2. The van der Waals surface area contributed by atoms with Gasteiger partial charge in [-0.05, 0) is 26.7 Å². The van der Waals surface area contributed by atoms with E-state index in [1.807, 2.05) is 27.7 Å². The van der Waals surface area contributed by atoms with Crippen molar-refractivity contribution in [3.8, 4) is 0 Å². The lowest BCUT2D eigenvalue weighted by molar-refractivity contribution is -0.132. The van der Waals surface area contributed by atoms with Crippen molar-refractivity contribution in [1.29, 1.82) is 0 Å². The molecule has 0 saturated carbocycles. The number of hydrogen-bond acceptors (Lipinski definition) is 4. The molecule has 7 heteroatoms. The number of hydrogen-bond donors (Lipinski definition) is 4. The standard InChI is InChI=1S/C16H32N4O3/c1-9(2)8-17-14(21)11(5)19-16(23)13(7)20-15(22)12(6)18-10(3)4/h9-13,18H,8H2,1-7H3,(H,17,21)(H,19,23)(H,20,22)/t11-,12-,13-/m0/s1. The van der Waals surface area contributed by atoms with Crippen LogP contribution in [0.5, 0.6) is 0 Å². The van der Waals surface area contributed by atoms with E-state index in [0.717, 1.165) is 0 Å². The van der Waals surface area contributed by atoms with Gasteiger partial charge in [0.05, 0.1) is 6.04 Å². The van der Waals surface area contributed by atoms with Crippen LogP contribution in [-0.4, -0.2) is 48.4 Å². The Hall–Kier alpha value is -1.63. The molecule has 0 radical (unpaired) electrons. The van der Waals surface area contributed by atoms with Crippen LogP contribution in [0.25, 0.3) is 0 Å². The van der Waals surface area contributed by atoms with Crippen LogP contribution in [0.15, 0.2) is 0 Å². The molecule has 0 rings (SSSR count). The third-order valence-corrected chi connectivity index (χ3v) is 3.17. The highest BCUT2D eigenvalue weighted by atomic mass is 16.2. The first-order chi connectivity index (χ1) is 10.5. The Morgan fingerprint density at radius 3 is 1.57 bits per heavy atom. The van der Waals surface area contributed by atoms with E-state index in [1.54, 1.807) is 20.8 Å². The summed E-state index contributed by atoms with van der Waals surface area (Å²) in [6.45, 7) is 13.4. The average molecular weight is 328 g/mol. The van der Waals surface area contributed by atoms with Gasteiger partial charge in [0.2, 0.25) is 17.7 Å². The second kappa shape index (κ2) is 10.2. The van der Waals surface area contributed by atoms with Crippen molar-refractivity contribution in [2.75, 3.05) is 6.54 Å². The minimum Gasteiger partial charge on any atom is -0.354 e. The van der Waals surface area contributed by atoms with Crippen molar-refractivity contribution >= 4 is 17.7 Å². The van der Waals surface area contributed by atoms with Gasteiger partial charge in [0.1, 0.15) is 12.1 Å². The van der Waals surface area contributed by atoms with E-state index in [-0.39, 0.29) is 23.8 Å². The summed E-state index contributed by atoms with van der Waals surface area (Å²) in [6, 6.07) is -1.58. The van der Waals surface area contributed by atoms with Crippen LogP contribution in [0.4, 0.5) is 0 Å². The summed E-state index contributed by atoms with van der Waals surface area (Å²) in [6.07, 6.45) is 0. The number of carbonyl (C=O) groups is 3. The zero-order valence-corrected chi connectivity index (χ0v) is 15.3. The Morgan fingerprint density at radius 1 is 0.696 bits per heavy atom. The second-order valence-corrected chi connectivity index (χ2v) is 6.64. The quantitative estimate of drug-likeness (QED) is 0.484. The maximum absolute atomic E-state index is 12.1. The number of nitrogens with one attached hydrogen (secondary N) is 4. The highest BCUT2D eigenvalue weighted by molar-refractivity contribution is 5.92. The normalized spacial score (nSPS) is 15.0. The van der Waals surface area contributed by atoms with Crippen molar-refractivity contribution in [3.05, 3.63) is 0 Å². The van der Waals surface area contributed by atoms with Crippen molar-refractivity contribution in [3.63, 3.8) is 0 Å². The van der Waals surface area contributed by atoms with Crippen LogP contribution in [-0.2, 0) is 14.4 Å². The smallest absolute Gasteiger partial charge is 0.242 e. The van der Waals surface area contributed by atoms with Crippen LogP contribution in [0, 0.1) is 5.92 Å². The van der Waals surface area contributed by atoms with E-state index < -0.39 is 18.1 Å². The number of rotatable bonds is 9. The Balaban J connectivity index is 4.33. The summed E-state index contributed by atoms with van der Waals surface area (Å²) >= 11 is 0. The van der Waals surface area contributed by atoms with Crippen LogP contribution in [0.1, 0.15) is 48.5 Å². The molecule has 0 aromatic rings. The molecule has 3 amide bonds. The van der Waals surface area contributed by atoms with Gasteiger partial charge in [-0.25, -0.2) is 0 Å². The molecule has 3 atom stereocenters. The van der Waals surface area contributed by atoms with Crippen LogP contribution in [0.3, 0.4) is 0 Å². The van der Waals surface area contributed by atoms with E-state index in [2.05, 4.69) is 21.3 Å². The molecule has 7 nitrogen and oxygen atoms in total. The van der Waals surface area contributed by atoms with Gasteiger partial charge in [0.15, 0.2) is 0 Å². The molecule has 0 unspecified atom stereocenters. The van der Waals surface area contributed by atoms with Crippen LogP contribution < -0.4 is 21.3 Å². The molecule has 4 N–H and O–H groups in total. The lowest BCUT2D eigenvalue weighted by Crippen LogP contribution is -2.54. The summed E-state index contributed by atoms with van der Waals surface area (Å²) < 4.78 is 0. The van der Waals surface area contributed by atoms with E-state index >= 15 is 0 Å². The third kappa shape index (κ3) is 9.18. The summed E-state index contributed by atoms with van der Waals surface area (Å²) in [4.78, 5) is 35.8. The van der Waals surface area contributed by atoms with E-state index in [9.17, 15) is 14.4 Å². The van der Waals surface area contributed by atoms with Crippen LogP contribution in [0.2, 0.25) is 0 Å². The van der Waals surface area contributed by atoms with Gasteiger partial charge in [0, 0.05) is 12.6 Å². The van der Waals surface area contributed by atoms with Gasteiger partial charge in [-0.1, -0.05) is 27.7 Å². The molecule has 0 heterocycles. The molecule has 0 aromatic carbocycles. The molecule has 0 aliphatic heterocycles. The number of amides is 3. The van der Waals surface area contributed by atoms with E-state index in [0.29, 0.717) is 12.5 Å². The Morgan fingerprint density at radius 2 is 1.13 bits per heavy atom. The maximum atomic E-state index is 12.1. The second-order valence-electron chi connectivity index (χ2n) is 6.64. The summed E-state index contributed by atoms with van der Waals surface area (Å²) in [5.74, 6) is -0.531. The molecule has 0 aliphatic carbocycles. The molecule has 0 bridgehead atoms. The lowest BCUT2D eigenvalue weighted by Gasteiger charge is -2.21. The number of carbonyl (C=O) groups excluding carboxylic acids is 3. The maximum Gasteiger partial charge on any atom is 0.242 e. The Bertz CT molecular complexity index is 410. The summed E-state index contributed by atoms with van der Waals surface area (Å²) in [5.41, 5.74) is 0. The molecule has 0 fully saturated rings. The molecule has 23 heavy (non-hydrogen) atoms. The van der Waals surface area contributed by atoms with Crippen molar-refractivity contribution in [2.24, 2.45) is 5.92 Å². The molecule has 0 aromatic heterocycles. The van der Waals surface area contributed by atoms with Crippen molar-refractivity contribution in [2.45, 2.75) is 72.6 Å². The monoisotopic (exact) mass is 328 g/mol. The third-order valence-electron chi connectivity index (χ3n) is 3.17. The summed E-state index contributed by atoms with van der Waals surface area (Å²) in [7, 11) is 0. The van der Waals surface area contributed by atoms with E-state index in [4.69, 9.17) is 0 Å². The van der Waals surface area contributed by atoms with Crippen molar-refractivity contribution < 1.29 is 14.4 Å². The minimum absolute atomic E-state index is 0.171. The fraction of sp³-hybridized carbons (Fsp3) is 0.812. The molecule has 0 aliphatic rings. The molecular weight excluding hydrogens is 296 g/mol. The molecular formula is C16H32N4O3.